The first-order chi connectivity index (χ1) is 7.41. The minimum absolute atomic E-state index is 0.0719. The highest BCUT2D eigenvalue weighted by atomic mass is 32.2. The van der Waals surface area contributed by atoms with E-state index in [0.29, 0.717) is 0 Å². The molecule has 0 aromatic rings. The van der Waals surface area contributed by atoms with E-state index in [1.54, 1.807) is 0 Å². The summed E-state index contributed by atoms with van der Waals surface area (Å²) in [6, 6.07) is -1.26. The number of rotatable bonds is 4. The van der Waals surface area contributed by atoms with E-state index in [0.717, 1.165) is 12.8 Å². The molecule has 0 spiro atoms. The normalized spacial score (nSPS) is 27.2. The molecule has 0 bridgehead atoms. The first-order valence-corrected chi connectivity index (χ1v) is 6.71. The van der Waals surface area contributed by atoms with E-state index >= 15 is 0 Å². The zero-order valence-electron chi connectivity index (χ0n) is 8.40. The summed E-state index contributed by atoms with van der Waals surface area (Å²) in [7, 11) is -3.14. The molecular weight excluding hydrogens is 234 g/mol. The standard InChI is InChI=1S/C8H11N3O4S/c9-11-10-6(7(12)13)8(5-1-2-5)3-16(14,15)4-8/h5-6H,1-4H2,(H,12,13). The van der Waals surface area contributed by atoms with E-state index in [-0.39, 0.29) is 17.4 Å². The molecule has 8 heteroatoms. The van der Waals surface area contributed by atoms with Gasteiger partial charge in [-0.3, -0.25) is 4.79 Å². The van der Waals surface area contributed by atoms with E-state index < -0.39 is 27.3 Å². The highest BCUT2D eigenvalue weighted by molar-refractivity contribution is 7.92. The van der Waals surface area contributed by atoms with E-state index in [1.807, 2.05) is 0 Å². The molecule has 2 fully saturated rings. The number of hydrogen-bond acceptors (Lipinski definition) is 4. The Labute approximate surface area is 92.0 Å². The highest BCUT2D eigenvalue weighted by Gasteiger charge is 2.62. The zero-order chi connectivity index (χ0) is 12.0. The Morgan fingerprint density at radius 1 is 1.50 bits per heavy atom. The summed E-state index contributed by atoms with van der Waals surface area (Å²) in [4.78, 5) is 13.5. The van der Waals surface area contributed by atoms with E-state index in [2.05, 4.69) is 10.0 Å². The van der Waals surface area contributed by atoms with Crippen LogP contribution in [0.5, 0.6) is 0 Å². The van der Waals surface area contributed by atoms with Gasteiger partial charge in [0.25, 0.3) is 0 Å². The van der Waals surface area contributed by atoms with Crippen LogP contribution in [0.25, 0.3) is 10.4 Å². The molecule has 0 radical (unpaired) electrons. The second kappa shape index (κ2) is 3.36. The van der Waals surface area contributed by atoms with Crippen LogP contribution in [0.3, 0.4) is 0 Å². The molecule has 1 atom stereocenters. The number of azide groups is 1. The molecule has 0 amide bonds. The summed E-state index contributed by atoms with van der Waals surface area (Å²) < 4.78 is 22.5. The number of sulfone groups is 1. The lowest BCUT2D eigenvalue weighted by atomic mass is 9.78. The number of hydrogen-bond donors (Lipinski definition) is 1. The van der Waals surface area contributed by atoms with E-state index in [9.17, 15) is 13.2 Å². The van der Waals surface area contributed by atoms with Gasteiger partial charge in [-0.2, -0.15) is 0 Å². The van der Waals surface area contributed by atoms with E-state index in [4.69, 9.17) is 10.6 Å². The SMILES string of the molecule is [N-]=[N+]=NC(C(=O)O)C1(C2CC2)CS(=O)(=O)C1. The molecule has 1 heterocycles. The monoisotopic (exact) mass is 245 g/mol. The third-order valence-corrected chi connectivity index (χ3v) is 5.27. The predicted molar refractivity (Wildman–Crippen MR) is 54.4 cm³/mol. The van der Waals surface area contributed by atoms with Gasteiger partial charge in [0.2, 0.25) is 0 Å². The summed E-state index contributed by atoms with van der Waals surface area (Å²) in [5, 5.41) is 12.3. The van der Waals surface area contributed by atoms with Crippen molar-refractivity contribution >= 4 is 15.8 Å². The molecular formula is C8H11N3O4S. The number of carboxylic acid groups (broad SMARTS) is 1. The van der Waals surface area contributed by atoms with Crippen molar-refractivity contribution < 1.29 is 18.3 Å². The molecule has 2 rings (SSSR count). The number of carboxylic acids is 1. The van der Waals surface area contributed by atoms with Crippen molar-refractivity contribution in [2.24, 2.45) is 16.4 Å². The molecule has 88 valence electrons. The molecule has 0 aromatic heterocycles. The van der Waals surface area contributed by atoms with Gasteiger partial charge in [-0.05, 0) is 24.3 Å². The van der Waals surface area contributed by atoms with Crippen LogP contribution < -0.4 is 0 Å². The van der Waals surface area contributed by atoms with Gasteiger partial charge in [0.1, 0.15) is 6.04 Å². The van der Waals surface area contributed by atoms with Crippen molar-refractivity contribution in [3.63, 3.8) is 0 Å². The van der Waals surface area contributed by atoms with Crippen LogP contribution in [-0.2, 0) is 14.6 Å². The van der Waals surface area contributed by atoms with Gasteiger partial charge in [-0.1, -0.05) is 5.11 Å². The second-order valence-electron chi connectivity index (χ2n) is 4.49. The predicted octanol–water partition coefficient (Wildman–Crippen LogP) is 0.575. The third-order valence-electron chi connectivity index (χ3n) is 3.31. The van der Waals surface area contributed by atoms with Gasteiger partial charge in [-0.15, -0.1) is 0 Å². The molecule has 1 unspecified atom stereocenters. The second-order valence-corrected chi connectivity index (χ2v) is 6.55. The molecule has 1 aliphatic carbocycles. The smallest absolute Gasteiger partial charge is 0.313 e. The molecule has 1 aliphatic heterocycles. The van der Waals surface area contributed by atoms with Crippen LogP contribution in [-0.4, -0.2) is 37.0 Å². The van der Waals surface area contributed by atoms with Crippen molar-refractivity contribution in [3.05, 3.63) is 10.4 Å². The fourth-order valence-electron chi connectivity index (χ4n) is 2.51. The molecule has 1 N–H and O–H groups in total. The Hall–Kier alpha value is -1.27. The maximum absolute atomic E-state index is 11.2. The first-order valence-electron chi connectivity index (χ1n) is 4.89. The van der Waals surface area contributed by atoms with Gasteiger partial charge >= 0.3 is 5.97 Å². The number of carbonyl (C=O) groups is 1. The Balaban J connectivity index is 2.32. The maximum Gasteiger partial charge on any atom is 0.313 e. The van der Waals surface area contributed by atoms with Gasteiger partial charge in [-0.25, -0.2) is 8.42 Å². The molecule has 1 saturated carbocycles. The molecule has 7 nitrogen and oxygen atoms in total. The Kier molecular flexibility index (Phi) is 2.36. The Morgan fingerprint density at radius 3 is 2.38 bits per heavy atom. The van der Waals surface area contributed by atoms with Crippen molar-refractivity contribution in [2.45, 2.75) is 18.9 Å². The third kappa shape index (κ3) is 1.64. The fraction of sp³-hybridized carbons (Fsp3) is 0.875. The van der Waals surface area contributed by atoms with Crippen molar-refractivity contribution in [3.8, 4) is 0 Å². The lowest BCUT2D eigenvalue weighted by Gasteiger charge is -2.43. The largest absolute Gasteiger partial charge is 0.481 e. The van der Waals surface area contributed by atoms with E-state index in [1.165, 1.54) is 0 Å². The molecule has 2 aliphatic rings. The van der Waals surface area contributed by atoms with Gasteiger partial charge in [0.15, 0.2) is 9.84 Å². The molecule has 0 aromatic carbocycles. The van der Waals surface area contributed by atoms with Crippen LogP contribution in [0, 0.1) is 11.3 Å². The quantitative estimate of drug-likeness (QED) is 0.442. The van der Waals surface area contributed by atoms with Crippen LogP contribution in [0.4, 0.5) is 0 Å². The summed E-state index contributed by atoms with van der Waals surface area (Å²) in [6.45, 7) is 0. The average Bonchev–Trinajstić information content (AvgIpc) is 2.92. The van der Waals surface area contributed by atoms with Crippen LogP contribution in [0.2, 0.25) is 0 Å². The van der Waals surface area contributed by atoms with Crippen LogP contribution >= 0.6 is 0 Å². The number of aliphatic carboxylic acids is 1. The van der Waals surface area contributed by atoms with Crippen LogP contribution in [0.15, 0.2) is 5.11 Å². The summed E-state index contributed by atoms with van der Waals surface area (Å²) in [6.07, 6.45) is 1.64. The number of nitrogens with zero attached hydrogens (tertiary/aromatic N) is 3. The topological polar surface area (TPSA) is 120 Å². The van der Waals surface area contributed by atoms with Crippen molar-refractivity contribution in [1.29, 1.82) is 0 Å². The molecule has 1 saturated heterocycles. The minimum atomic E-state index is -3.14. The Bertz CT molecular complexity index is 462. The fourth-order valence-corrected chi connectivity index (χ4v) is 4.85. The van der Waals surface area contributed by atoms with Gasteiger partial charge in [0.05, 0.1) is 11.5 Å². The average molecular weight is 245 g/mol. The summed E-state index contributed by atoms with van der Waals surface area (Å²) in [5.41, 5.74) is 7.50. The van der Waals surface area contributed by atoms with Crippen LogP contribution in [0.1, 0.15) is 12.8 Å². The van der Waals surface area contributed by atoms with Crippen molar-refractivity contribution in [1.82, 2.24) is 0 Å². The Morgan fingerprint density at radius 2 is 2.06 bits per heavy atom. The lowest BCUT2D eigenvalue weighted by molar-refractivity contribution is -0.141. The minimum Gasteiger partial charge on any atom is -0.481 e. The summed E-state index contributed by atoms with van der Waals surface area (Å²) in [5.74, 6) is -1.50. The van der Waals surface area contributed by atoms with Gasteiger partial charge in [0, 0.05) is 10.3 Å². The maximum atomic E-state index is 11.2. The molecule has 16 heavy (non-hydrogen) atoms. The summed E-state index contributed by atoms with van der Waals surface area (Å²) >= 11 is 0. The zero-order valence-corrected chi connectivity index (χ0v) is 9.22. The highest BCUT2D eigenvalue weighted by Crippen LogP contribution is 2.55. The van der Waals surface area contributed by atoms with Crippen molar-refractivity contribution in [2.75, 3.05) is 11.5 Å². The lowest BCUT2D eigenvalue weighted by Crippen LogP contribution is -2.58. The first kappa shape index (κ1) is 11.2. The van der Waals surface area contributed by atoms with Gasteiger partial charge < -0.3 is 5.11 Å².